The van der Waals surface area contributed by atoms with Gasteiger partial charge in [-0.1, -0.05) is 266 Å². The summed E-state index contributed by atoms with van der Waals surface area (Å²) in [5, 5.41) is 0. The van der Waals surface area contributed by atoms with Gasteiger partial charge in [-0.25, -0.2) is 0 Å². The molecule has 2 aliphatic carbocycles. The fraction of sp³-hybridized carbons (Fsp3) is 0.714. The monoisotopic (exact) mass is 1050 g/mol. The molecule has 0 amide bonds. The van der Waals surface area contributed by atoms with E-state index in [1.165, 1.54) is 134 Å². The molecule has 2 saturated carbocycles. The minimum Gasteiger partial charge on any atom is -0.462 e. The average Bonchev–Trinajstić information content (AvgIpc) is 3.90. The summed E-state index contributed by atoms with van der Waals surface area (Å²) in [4.78, 5) is 25.8. The lowest BCUT2D eigenvalue weighted by molar-refractivity contribution is -0.157. The zero-order valence-electron chi connectivity index (χ0n) is 50.9. The second-order valence-electron chi connectivity index (χ2n) is 25.6. The fourth-order valence-electron chi connectivity index (χ4n) is 12.8. The van der Waals surface area contributed by atoms with Crippen LogP contribution in [-0.4, -0.2) is 47.1 Å². The van der Waals surface area contributed by atoms with E-state index < -0.39 is 5.60 Å². The van der Waals surface area contributed by atoms with Crippen molar-refractivity contribution in [2.75, 3.05) is 0 Å². The number of unbranched alkanes of at least 4 members (excludes halogenated alkanes) is 22. The van der Waals surface area contributed by atoms with Crippen LogP contribution in [0, 0.1) is 10.8 Å². The molecule has 0 aromatic carbocycles. The molecule has 428 valence electrons. The molecular weight excluding hydrogens is 937 g/mol. The van der Waals surface area contributed by atoms with Crippen LogP contribution in [0.1, 0.15) is 276 Å². The number of carbonyl (C=O) groups excluding carboxylic acids is 2. The van der Waals surface area contributed by atoms with Crippen molar-refractivity contribution in [3.63, 3.8) is 0 Å². The Kier molecular flexibility index (Phi) is 28.4. The van der Waals surface area contributed by atoms with Gasteiger partial charge in [-0.05, 0) is 95.9 Å². The van der Waals surface area contributed by atoms with E-state index in [0.717, 1.165) is 67.2 Å². The van der Waals surface area contributed by atoms with Gasteiger partial charge >= 0.3 is 11.9 Å². The predicted molar refractivity (Wildman–Crippen MR) is 322 cm³/mol. The molecule has 6 heteroatoms. The molecule has 4 rings (SSSR count). The van der Waals surface area contributed by atoms with Gasteiger partial charge in [-0.3, -0.25) is 9.59 Å². The summed E-state index contributed by atoms with van der Waals surface area (Å²) in [5.74, 6) is -0.105. The zero-order valence-corrected chi connectivity index (χ0v) is 50.9. The summed E-state index contributed by atoms with van der Waals surface area (Å²) in [6.45, 7) is 26.5. The maximum atomic E-state index is 13.0. The molecule has 0 aromatic heterocycles. The number of epoxide rings is 1. The van der Waals surface area contributed by atoms with Crippen LogP contribution in [0.2, 0.25) is 0 Å². The van der Waals surface area contributed by atoms with Gasteiger partial charge in [0.25, 0.3) is 0 Å². The number of hydrogen-bond acceptors (Lipinski definition) is 6. The molecule has 2 heterocycles. The Morgan fingerprint density at radius 2 is 0.921 bits per heavy atom. The third-order valence-electron chi connectivity index (χ3n) is 17.2. The van der Waals surface area contributed by atoms with Crippen molar-refractivity contribution in [1.29, 1.82) is 0 Å². The van der Waals surface area contributed by atoms with Crippen molar-refractivity contribution >= 4 is 11.9 Å². The van der Waals surface area contributed by atoms with E-state index >= 15 is 0 Å². The minimum absolute atomic E-state index is 0.0516. The first-order valence-electron chi connectivity index (χ1n) is 31.2. The Bertz CT molecular complexity index is 2050. The van der Waals surface area contributed by atoms with Crippen molar-refractivity contribution in [2.45, 2.75) is 311 Å². The average molecular weight is 1050 g/mol. The van der Waals surface area contributed by atoms with Crippen LogP contribution >= 0.6 is 0 Å². The van der Waals surface area contributed by atoms with E-state index in [2.05, 4.69) is 162 Å². The van der Waals surface area contributed by atoms with Crippen molar-refractivity contribution in [1.82, 2.24) is 0 Å². The van der Waals surface area contributed by atoms with E-state index in [9.17, 15) is 9.59 Å². The first-order chi connectivity index (χ1) is 36.3. The summed E-state index contributed by atoms with van der Waals surface area (Å²) < 4.78 is 25.6. The third-order valence-corrected chi connectivity index (χ3v) is 17.2. The molecule has 76 heavy (non-hydrogen) atoms. The van der Waals surface area contributed by atoms with Crippen molar-refractivity contribution < 1.29 is 28.5 Å². The normalized spacial score (nSPS) is 26.7. The van der Waals surface area contributed by atoms with Gasteiger partial charge in [0, 0.05) is 31.1 Å². The van der Waals surface area contributed by atoms with Crippen LogP contribution in [0.3, 0.4) is 0 Å². The van der Waals surface area contributed by atoms with E-state index in [1.807, 2.05) is 0 Å². The highest BCUT2D eigenvalue weighted by Crippen LogP contribution is 2.66. The first kappa shape index (κ1) is 65.0. The van der Waals surface area contributed by atoms with Crippen molar-refractivity contribution in [3.05, 3.63) is 107 Å². The molecule has 0 radical (unpaired) electrons. The Morgan fingerprint density at radius 1 is 0.513 bits per heavy atom. The van der Waals surface area contributed by atoms with Gasteiger partial charge < -0.3 is 18.9 Å². The number of ether oxygens (including phenoxy) is 4. The maximum Gasteiger partial charge on any atom is 0.306 e. The number of rotatable bonds is 37. The number of fused-ring (bicyclic) bond motifs is 2. The molecule has 0 spiro atoms. The van der Waals surface area contributed by atoms with E-state index in [1.54, 1.807) is 0 Å². The molecule has 0 bridgehead atoms. The second kappa shape index (κ2) is 33.2. The van der Waals surface area contributed by atoms with Crippen LogP contribution in [0.4, 0.5) is 0 Å². The van der Waals surface area contributed by atoms with Crippen molar-refractivity contribution in [2.24, 2.45) is 10.8 Å². The Morgan fingerprint density at radius 3 is 1.38 bits per heavy atom. The number of carbonyl (C=O) groups is 2. The quantitative estimate of drug-likeness (QED) is 0.0203. The summed E-state index contributed by atoms with van der Waals surface area (Å²) in [6, 6.07) is 0. The number of allylic oxidation sites excluding steroid dienone is 14. The molecule has 6 atom stereocenters. The molecule has 3 fully saturated rings. The molecule has 0 aromatic rings. The highest BCUT2D eigenvalue weighted by Gasteiger charge is 2.75. The summed E-state index contributed by atoms with van der Waals surface area (Å²) >= 11 is 0. The van der Waals surface area contributed by atoms with Crippen LogP contribution in [0.15, 0.2) is 107 Å². The zero-order chi connectivity index (χ0) is 55.5. The molecule has 1 saturated heterocycles. The van der Waals surface area contributed by atoms with Crippen LogP contribution in [0.25, 0.3) is 0 Å². The van der Waals surface area contributed by atoms with Crippen LogP contribution < -0.4 is 0 Å². The van der Waals surface area contributed by atoms with E-state index in [-0.39, 0.29) is 52.3 Å². The first-order valence-corrected chi connectivity index (χ1v) is 31.2. The highest BCUT2D eigenvalue weighted by atomic mass is 16.6. The molecule has 4 aliphatic rings. The van der Waals surface area contributed by atoms with Gasteiger partial charge in [0.2, 0.25) is 0 Å². The molecule has 2 aliphatic heterocycles. The topological polar surface area (TPSA) is 74.4 Å². The van der Waals surface area contributed by atoms with Gasteiger partial charge in [0.1, 0.15) is 23.4 Å². The lowest BCUT2D eigenvalue weighted by atomic mass is 9.63. The van der Waals surface area contributed by atoms with Crippen LogP contribution in [-0.2, 0) is 28.5 Å². The maximum absolute atomic E-state index is 13.0. The molecule has 6 unspecified atom stereocenters. The minimum atomic E-state index is -0.448. The standard InChI is InChI=1S/C70H112O6/c1-13-15-17-19-21-23-25-26-28-30-32-33-35-47-64(71)73-60-52-66(7,8)63-51-62(75-68(63,11)54-60)59(6)46-40-45-57(4)42-38-37-41-56(3)43-39-44-58(5)49-50-70-67(9,10)53-61(55-69(70,12)76-70)74-65(72)48-36-34-31-29-27-24-22-20-18-16-14-2/h37-46,49-51,60-62H,13-36,47-48,52-55H2,1-12H3/b38-37+,43-39+,45-40+,50-49+,56-41+,57-42+,58-44+,59-46+. The number of esters is 2. The fourth-order valence-corrected chi connectivity index (χ4v) is 12.8. The Labute approximate surface area is 466 Å². The molecule has 6 nitrogen and oxygen atoms in total. The lowest BCUT2D eigenvalue weighted by Crippen LogP contribution is -2.47. The third kappa shape index (κ3) is 22.0. The number of hydrogen-bond donors (Lipinski definition) is 0. The molecule has 0 N–H and O–H groups in total. The predicted octanol–water partition coefficient (Wildman–Crippen LogP) is 20.3. The lowest BCUT2D eigenvalue weighted by Gasteiger charge is -2.45. The second-order valence-corrected chi connectivity index (χ2v) is 25.6. The summed E-state index contributed by atoms with van der Waals surface area (Å²) in [5.41, 5.74) is 4.56. The van der Waals surface area contributed by atoms with Crippen LogP contribution in [0.5, 0.6) is 0 Å². The van der Waals surface area contributed by atoms with E-state index in [0.29, 0.717) is 19.3 Å². The Hall–Kier alpha value is -3.48. The largest absolute Gasteiger partial charge is 0.462 e. The summed E-state index contributed by atoms with van der Waals surface area (Å²) in [6.07, 6.45) is 62.6. The van der Waals surface area contributed by atoms with E-state index in [4.69, 9.17) is 18.9 Å². The summed E-state index contributed by atoms with van der Waals surface area (Å²) in [7, 11) is 0. The van der Waals surface area contributed by atoms with Gasteiger partial charge in [-0.2, -0.15) is 0 Å². The SMILES string of the molecule is CCCCCCCCCCCCCCCC(=O)OC1CC(C)(C)C2=CC(/C(C)=C/C=C/C(C)=C/C=C/C=C(C)/C=C/C=C(C)/C=C/C34OC3(C)CC(OC(=O)CCCCCCCCCCCCC)CC4(C)C)OC2(C)C1. The highest BCUT2D eigenvalue weighted by molar-refractivity contribution is 5.70. The van der Waals surface area contributed by atoms with Gasteiger partial charge in [-0.15, -0.1) is 0 Å². The van der Waals surface area contributed by atoms with Crippen molar-refractivity contribution in [3.8, 4) is 0 Å². The smallest absolute Gasteiger partial charge is 0.306 e. The van der Waals surface area contributed by atoms with Gasteiger partial charge in [0.05, 0.1) is 11.7 Å². The Balaban J connectivity index is 1.13. The molecular formula is C70H112O6. The van der Waals surface area contributed by atoms with Gasteiger partial charge in [0.15, 0.2) is 0 Å².